The van der Waals surface area contributed by atoms with E-state index < -0.39 is 0 Å². The molecule has 186 valence electrons. The molecule has 0 aliphatic heterocycles. The van der Waals surface area contributed by atoms with Crippen LogP contribution in [-0.4, -0.2) is 19.9 Å². The monoisotopic (exact) mass is 510 g/mol. The lowest BCUT2D eigenvalue weighted by atomic mass is 9.93. The Kier molecular flexibility index (Phi) is 5.10. The molecule has 0 bridgehead atoms. The maximum absolute atomic E-state index is 5.04. The van der Waals surface area contributed by atoms with Crippen LogP contribution in [0.3, 0.4) is 0 Å². The molecule has 0 saturated heterocycles. The van der Waals surface area contributed by atoms with Crippen LogP contribution in [0.15, 0.2) is 134 Å². The molecule has 4 heteroatoms. The van der Waals surface area contributed by atoms with Crippen LogP contribution < -0.4 is 0 Å². The van der Waals surface area contributed by atoms with E-state index in [9.17, 15) is 0 Å². The van der Waals surface area contributed by atoms with Crippen molar-refractivity contribution < 1.29 is 0 Å². The van der Waals surface area contributed by atoms with Crippen molar-refractivity contribution in [3.8, 4) is 33.8 Å². The summed E-state index contributed by atoms with van der Waals surface area (Å²) in [6.45, 7) is 0. The van der Waals surface area contributed by atoms with E-state index in [4.69, 9.17) is 4.98 Å². The van der Waals surface area contributed by atoms with E-state index in [-0.39, 0.29) is 0 Å². The Morgan fingerprint density at radius 3 is 1.85 bits per heavy atom. The largest absolute Gasteiger partial charge is 0.254 e. The molecule has 4 nitrogen and oxygen atoms in total. The van der Waals surface area contributed by atoms with Gasteiger partial charge >= 0.3 is 0 Å². The number of rotatable bonds is 3. The maximum atomic E-state index is 5.04. The first-order chi connectivity index (χ1) is 19.8. The van der Waals surface area contributed by atoms with E-state index in [0.29, 0.717) is 0 Å². The third-order valence-corrected chi connectivity index (χ3v) is 7.61. The van der Waals surface area contributed by atoms with Gasteiger partial charge in [0.15, 0.2) is 5.82 Å². The molecular formula is C36H22N4. The third kappa shape index (κ3) is 3.69. The van der Waals surface area contributed by atoms with E-state index in [1.165, 1.54) is 27.3 Å². The summed E-state index contributed by atoms with van der Waals surface area (Å²) in [7, 11) is 0. The van der Waals surface area contributed by atoms with Gasteiger partial charge in [-0.3, -0.25) is 4.98 Å². The van der Waals surface area contributed by atoms with Crippen molar-refractivity contribution in [1.82, 2.24) is 19.9 Å². The van der Waals surface area contributed by atoms with Gasteiger partial charge in [0.2, 0.25) is 0 Å². The van der Waals surface area contributed by atoms with Gasteiger partial charge in [-0.1, -0.05) is 78.9 Å². The highest BCUT2D eigenvalue weighted by Gasteiger charge is 2.12. The molecule has 8 rings (SSSR count). The molecule has 0 fully saturated rings. The normalized spacial score (nSPS) is 11.5. The molecule has 5 aromatic carbocycles. The highest BCUT2D eigenvalue weighted by molar-refractivity contribution is 6.06. The van der Waals surface area contributed by atoms with Crippen LogP contribution in [0.2, 0.25) is 0 Å². The summed E-state index contributed by atoms with van der Waals surface area (Å²) in [4.78, 5) is 18.6. The number of aromatic nitrogens is 4. The van der Waals surface area contributed by atoms with Gasteiger partial charge in [0.25, 0.3) is 0 Å². The van der Waals surface area contributed by atoms with Gasteiger partial charge in [-0.25, -0.2) is 15.0 Å². The standard InChI is InChI=1S/C36H22N4/c1-2-7-31-30(6-1)29(15-16-32(31)36-38-19-4-20-39-36)27-12-10-26-22-28(13-11-25(26)21-27)33-17-14-24-9-8-23-5-3-18-37-34(23)35(24)40-33/h1-22H. The highest BCUT2D eigenvalue weighted by Crippen LogP contribution is 2.36. The summed E-state index contributed by atoms with van der Waals surface area (Å²) < 4.78 is 0. The van der Waals surface area contributed by atoms with Crippen LogP contribution in [0, 0.1) is 0 Å². The minimum atomic E-state index is 0.738. The van der Waals surface area contributed by atoms with E-state index in [1.54, 1.807) is 12.4 Å². The van der Waals surface area contributed by atoms with Crippen LogP contribution in [-0.2, 0) is 0 Å². The lowest BCUT2D eigenvalue weighted by Gasteiger charge is -2.12. The Hall–Kier alpha value is -5.48. The predicted molar refractivity (Wildman–Crippen MR) is 164 cm³/mol. The van der Waals surface area contributed by atoms with Crippen molar-refractivity contribution in [1.29, 1.82) is 0 Å². The summed E-state index contributed by atoms with van der Waals surface area (Å²) in [6.07, 6.45) is 5.40. The number of hydrogen-bond acceptors (Lipinski definition) is 4. The van der Waals surface area contributed by atoms with Crippen molar-refractivity contribution in [2.45, 2.75) is 0 Å². The molecular weight excluding hydrogens is 488 g/mol. The first-order valence-corrected chi connectivity index (χ1v) is 13.3. The van der Waals surface area contributed by atoms with E-state index in [2.05, 4.69) is 118 Å². The number of benzene rings is 5. The molecule has 0 unspecified atom stereocenters. The van der Waals surface area contributed by atoms with Gasteiger partial charge in [0.1, 0.15) is 0 Å². The molecule has 0 radical (unpaired) electrons. The third-order valence-electron chi connectivity index (χ3n) is 7.61. The fourth-order valence-corrected chi connectivity index (χ4v) is 5.64. The summed E-state index contributed by atoms with van der Waals surface area (Å²) in [5.41, 5.74) is 7.31. The summed E-state index contributed by atoms with van der Waals surface area (Å²) in [5.74, 6) is 0.738. The molecule has 0 atom stereocenters. The fourth-order valence-electron chi connectivity index (χ4n) is 5.64. The minimum Gasteiger partial charge on any atom is -0.254 e. The second kappa shape index (κ2) is 9.07. The number of pyridine rings is 2. The average Bonchev–Trinajstić information content (AvgIpc) is 3.04. The van der Waals surface area contributed by atoms with Crippen molar-refractivity contribution >= 4 is 43.4 Å². The van der Waals surface area contributed by atoms with Crippen LogP contribution >= 0.6 is 0 Å². The first-order valence-electron chi connectivity index (χ1n) is 13.3. The molecule has 0 amide bonds. The van der Waals surface area contributed by atoms with E-state index in [1.807, 2.05) is 18.3 Å². The molecule has 3 heterocycles. The van der Waals surface area contributed by atoms with Gasteiger partial charge in [-0.15, -0.1) is 0 Å². The second-order valence-electron chi connectivity index (χ2n) is 9.96. The van der Waals surface area contributed by atoms with Gasteiger partial charge in [-0.05, 0) is 69.1 Å². The van der Waals surface area contributed by atoms with Crippen molar-refractivity contribution in [2.24, 2.45) is 0 Å². The Morgan fingerprint density at radius 2 is 1.02 bits per heavy atom. The zero-order valence-electron chi connectivity index (χ0n) is 21.5. The van der Waals surface area contributed by atoms with Crippen LogP contribution in [0.25, 0.3) is 77.1 Å². The summed E-state index contributed by atoms with van der Waals surface area (Å²) in [5, 5.41) is 6.89. The van der Waals surface area contributed by atoms with Crippen LogP contribution in [0.4, 0.5) is 0 Å². The van der Waals surface area contributed by atoms with Gasteiger partial charge in [-0.2, -0.15) is 0 Å². The first kappa shape index (κ1) is 22.5. The molecule has 0 aliphatic rings. The summed E-state index contributed by atoms with van der Waals surface area (Å²) in [6, 6.07) is 40.4. The quantitative estimate of drug-likeness (QED) is 0.223. The highest BCUT2D eigenvalue weighted by atomic mass is 14.9. The van der Waals surface area contributed by atoms with Gasteiger partial charge in [0.05, 0.1) is 16.7 Å². The van der Waals surface area contributed by atoms with Crippen LogP contribution in [0.5, 0.6) is 0 Å². The van der Waals surface area contributed by atoms with Crippen molar-refractivity contribution in [3.63, 3.8) is 0 Å². The average molecular weight is 511 g/mol. The molecule has 0 N–H and O–H groups in total. The molecule has 0 spiro atoms. The van der Waals surface area contributed by atoms with Crippen molar-refractivity contribution in [2.75, 3.05) is 0 Å². The SMILES string of the molecule is c1cnc(-c2ccc(-c3ccc4cc(-c5ccc6ccc7cccnc7c6n5)ccc4c3)c3ccccc23)nc1. The molecule has 3 aromatic heterocycles. The second-order valence-corrected chi connectivity index (χ2v) is 9.96. The zero-order chi connectivity index (χ0) is 26.5. The van der Waals surface area contributed by atoms with Gasteiger partial charge in [0, 0.05) is 40.5 Å². The molecule has 0 saturated carbocycles. The Morgan fingerprint density at radius 1 is 0.400 bits per heavy atom. The fraction of sp³-hybridized carbons (Fsp3) is 0. The lowest BCUT2D eigenvalue weighted by Crippen LogP contribution is -1.90. The minimum absolute atomic E-state index is 0.738. The smallest absolute Gasteiger partial charge is 0.159 e. The Balaban J connectivity index is 1.22. The summed E-state index contributed by atoms with van der Waals surface area (Å²) >= 11 is 0. The predicted octanol–water partition coefficient (Wildman–Crippen LogP) is 8.88. The Bertz CT molecular complexity index is 2220. The molecule has 0 aliphatic carbocycles. The number of hydrogen-bond donors (Lipinski definition) is 0. The topological polar surface area (TPSA) is 51.6 Å². The number of nitrogens with zero attached hydrogens (tertiary/aromatic N) is 4. The van der Waals surface area contributed by atoms with Gasteiger partial charge < -0.3 is 0 Å². The number of fused-ring (bicyclic) bond motifs is 5. The lowest BCUT2D eigenvalue weighted by molar-refractivity contribution is 1.18. The molecule has 8 aromatic rings. The van der Waals surface area contributed by atoms with E-state index >= 15 is 0 Å². The zero-order valence-corrected chi connectivity index (χ0v) is 21.5. The van der Waals surface area contributed by atoms with Crippen molar-refractivity contribution in [3.05, 3.63) is 134 Å². The Labute approximate surface area is 230 Å². The maximum Gasteiger partial charge on any atom is 0.159 e. The molecule has 40 heavy (non-hydrogen) atoms. The van der Waals surface area contributed by atoms with E-state index in [0.717, 1.165) is 49.8 Å². The van der Waals surface area contributed by atoms with Crippen LogP contribution in [0.1, 0.15) is 0 Å².